The molecule has 374 valence electrons. The van der Waals surface area contributed by atoms with Crippen LogP contribution in [0, 0.1) is 0 Å². The van der Waals surface area contributed by atoms with E-state index in [4.69, 9.17) is 47.4 Å². The minimum absolute atomic E-state index is 0.0381. The van der Waals surface area contributed by atoms with Gasteiger partial charge in [0.1, 0.15) is 67.1 Å². The molecule has 6 N–H and O–H groups in total. The molecule has 17 nitrogen and oxygen atoms in total. The number of aliphatic hydroxyl groups excluding tert-OH is 6. The van der Waals surface area contributed by atoms with Gasteiger partial charge < -0.3 is 78.0 Å². The number of rotatable bonds is 22. The minimum Gasteiger partial charge on any atom is -0.450 e. The van der Waals surface area contributed by atoms with Crippen molar-refractivity contribution in [1.82, 2.24) is 0 Å². The number of carbonyl (C=O) groups excluding carboxylic acids is 1. The maximum Gasteiger partial charge on any atom is 0.338 e. The second-order valence-electron chi connectivity index (χ2n) is 17.2. The average molecular weight is 969 g/mol. The van der Waals surface area contributed by atoms with E-state index in [2.05, 4.69) is 0 Å². The van der Waals surface area contributed by atoms with Crippen LogP contribution >= 0.6 is 0 Å². The number of aliphatic hydroxyl groups is 6. The van der Waals surface area contributed by atoms with Gasteiger partial charge in [0.25, 0.3) is 0 Å². The van der Waals surface area contributed by atoms with Crippen molar-refractivity contribution in [1.29, 1.82) is 0 Å². The lowest BCUT2D eigenvalue weighted by Gasteiger charge is -2.47. The smallest absolute Gasteiger partial charge is 0.338 e. The van der Waals surface area contributed by atoms with Crippen LogP contribution in [0.15, 0.2) is 152 Å². The first-order valence-corrected chi connectivity index (χ1v) is 23.3. The highest BCUT2D eigenvalue weighted by Crippen LogP contribution is 2.38. The molecule has 0 unspecified atom stereocenters. The zero-order chi connectivity index (χ0) is 48.8. The SMILES string of the molecule is O=C(O[C@H]1[C@H](O[C@@H]2[C@H](O)[C@@H](O)O[C@H](CO)[C@H]2O)O[C@@H]([C@H](O)CO)[C@@H]1O[C@H]1O[C@H](COCc2ccccc2)[C@H](OCc2ccccc2)[C@H](OCc2ccccc2)[C@H]1OCc1ccccc1)c1ccccc1. The van der Waals surface area contributed by atoms with Crippen LogP contribution in [0.1, 0.15) is 32.6 Å². The van der Waals surface area contributed by atoms with Crippen LogP contribution in [-0.2, 0) is 73.8 Å². The van der Waals surface area contributed by atoms with Gasteiger partial charge in [0.2, 0.25) is 0 Å². The zero-order valence-electron chi connectivity index (χ0n) is 38.2. The van der Waals surface area contributed by atoms with Crippen LogP contribution in [0.5, 0.6) is 0 Å². The minimum atomic E-state index is -1.91. The highest BCUT2D eigenvalue weighted by molar-refractivity contribution is 5.89. The van der Waals surface area contributed by atoms with Gasteiger partial charge in [-0.3, -0.25) is 0 Å². The predicted molar refractivity (Wildman–Crippen MR) is 247 cm³/mol. The van der Waals surface area contributed by atoms with Gasteiger partial charge in [0.15, 0.2) is 25.0 Å². The largest absolute Gasteiger partial charge is 0.450 e. The molecule has 0 aromatic heterocycles. The fraction of sp³-hybridized carbons (Fsp3) is 0.415. The Bertz CT molecular complexity index is 2280. The lowest BCUT2D eigenvalue weighted by molar-refractivity contribution is -0.342. The number of hydrogen-bond donors (Lipinski definition) is 6. The van der Waals surface area contributed by atoms with E-state index in [0.717, 1.165) is 22.3 Å². The molecule has 15 atom stereocenters. The van der Waals surface area contributed by atoms with Gasteiger partial charge in [0.05, 0.1) is 51.8 Å². The summed E-state index contributed by atoms with van der Waals surface area (Å²) < 4.78 is 64.4. The molecule has 0 aliphatic carbocycles. The van der Waals surface area contributed by atoms with Crippen LogP contribution in [0.25, 0.3) is 0 Å². The maximum atomic E-state index is 14.0. The van der Waals surface area contributed by atoms with Crippen molar-refractivity contribution in [2.45, 2.75) is 119 Å². The maximum absolute atomic E-state index is 14.0. The van der Waals surface area contributed by atoms with Crippen molar-refractivity contribution < 1.29 is 82.8 Å². The fourth-order valence-corrected chi connectivity index (χ4v) is 8.61. The standard InChI is InChI=1S/C53H60O17/c54-26-38(56)43-47(49(67-50(59)37-24-14-5-15-25-37)53(68-43)69-45-41(57)39(27-55)65-51(60)42(45)58)70-52-48(64-31-36-22-12-4-13-23-36)46(63-30-35-20-10-3-11-21-35)44(62-29-34-18-8-2-9-19-34)40(66-52)32-61-28-33-16-6-1-7-17-33/h1-25,38-49,51-58,60H,26-32H2/t38-,39-,40-,41-,42+,43+,44+,45+,46+,47+,48-,49-,51+,52-,53+/m1/s1. The molecular formula is C53H60O17. The Kier molecular flexibility index (Phi) is 18.6. The summed E-state index contributed by atoms with van der Waals surface area (Å²) in [6.07, 6.45) is -22.2. The van der Waals surface area contributed by atoms with Crippen molar-refractivity contribution in [3.8, 4) is 0 Å². The molecule has 3 saturated heterocycles. The van der Waals surface area contributed by atoms with E-state index in [0.29, 0.717) is 0 Å². The first-order chi connectivity index (χ1) is 34.2. The second-order valence-corrected chi connectivity index (χ2v) is 17.2. The molecule has 3 aliphatic heterocycles. The number of esters is 1. The van der Waals surface area contributed by atoms with Gasteiger partial charge in [-0.1, -0.05) is 140 Å². The van der Waals surface area contributed by atoms with Crippen molar-refractivity contribution >= 4 is 5.97 Å². The molecule has 0 amide bonds. The van der Waals surface area contributed by atoms with Gasteiger partial charge in [-0.05, 0) is 34.4 Å². The Morgan fingerprint density at radius 3 is 1.50 bits per heavy atom. The van der Waals surface area contributed by atoms with Gasteiger partial charge in [-0.15, -0.1) is 0 Å². The molecule has 0 bridgehead atoms. The molecule has 5 aromatic rings. The van der Waals surface area contributed by atoms with E-state index in [1.165, 1.54) is 12.1 Å². The van der Waals surface area contributed by atoms with Crippen molar-refractivity contribution in [3.05, 3.63) is 179 Å². The van der Waals surface area contributed by atoms with Crippen molar-refractivity contribution in [2.24, 2.45) is 0 Å². The molecule has 0 radical (unpaired) electrons. The van der Waals surface area contributed by atoms with Crippen LogP contribution in [-0.4, -0.2) is 149 Å². The summed E-state index contributed by atoms with van der Waals surface area (Å²) in [5, 5.41) is 64.7. The number of benzene rings is 5. The molecule has 0 saturated carbocycles. The third-order valence-electron chi connectivity index (χ3n) is 12.3. The molecular weight excluding hydrogens is 909 g/mol. The van der Waals surface area contributed by atoms with Crippen molar-refractivity contribution in [2.75, 3.05) is 19.8 Å². The first kappa shape index (κ1) is 51.3. The summed E-state index contributed by atoms with van der Waals surface area (Å²) in [6, 6.07) is 46.1. The van der Waals surface area contributed by atoms with E-state index < -0.39 is 111 Å². The Morgan fingerprint density at radius 1 is 0.500 bits per heavy atom. The van der Waals surface area contributed by atoms with E-state index in [1.54, 1.807) is 18.2 Å². The Morgan fingerprint density at radius 2 is 0.971 bits per heavy atom. The van der Waals surface area contributed by atoms with Gasteiger partial charge in [0, 0.05) is 0 Å². The average Bonchev–Trinajstić information content (AvgIpc) is 3.73. The summed E-state index contributed by atoms with van der Waals surface area (Å²) in [7, 11) is 0. The number of carbonyl (C=O) groups is 1. The van der Waals surface area contributed by atoms with Gasteiger partial charge in [-0.25, -0.2) is 4.79 Å². The highest BCUT2D eigenvalue weighted by atomic mass is 16.8. The predicted octanol–water partition coefficient (Wildman–Crippen LogP) is 3.19. The van der Waals surface area contributed by atoms with E-state index in [1.807, 2.05) is 121 Å². The second kappa shape index (κ2) is 25.4. The van der Waals surface area contributed by atoms with Crippen LogP contribution in [0.3, 0.4) is 0 Å². The Labute approximate surface area is 405 Å². The molecule has 5 aromatic carbocycles. The lowest BCUT2D eigenvalue weighted by atomic mass is 9.97. The number of hydrogen-bond acceptors (Lipinski definition) is 17. The van der Waals surface area contributed by atoms with Crippen molar-refractivity contribution in [3.63, 3.8) is 0 Å². The quantitative estimate of drug-likeness (QED) is 0.0547. The van der Waals surface area contributed by atoms with Crippen LogP contribution < -0.4 is 0 Å². The van der Waals surface area contributed by atoms with E-state index in [-0.39, 0.29) is 38.6 Å². The molecule has 3 aliphatic rings. The summed E-state index contributed by atoms with van der Waals surface area (Å²) in [5.41, 5.74) is 3.56. The fourth-order valence-electron chi connectivity index (χ4n) is 8.61. The molecule has 8 rings (SSSR count). The van der Waals surface area contributed by atoms with Gasteiger partial charge in [-0.2, -0.15) is 0 Å². The van der Waals surface area contributed by atoms with Crippen LogP contribution in [0.4, 0.5) is 0 Å². The third-order valence-corrected chi connectivity index (χ3v) is 12.3. The van der Waals surface area contributed by atoms with E-state index >= 15 is 0 Å². The topological polar surface area (TPSA) is 231 Å². The summed E-state index contributed by atoms with van der Waals surface area (Å²) in [4.78, 5) is 14.0. The molecule has 70 heavy (non-hydrogen) atoms. The summed E-state index contributed by atoms with van der Waals surface area (Å²) in [6.45, 7) is -1.15. The monoisotopic (exact) mass is 968 g/mol. The third kappa shape index (κ3) is 13.1. The molecule has 3 heterocycles. The lowest BCUT2D eigenvalue weighted by Crippen LogP contribution is -2.63. The highest BCUT2D eigenvalue weighted by Gasteiger charge is 2.58. The molecule has 3 fully saturated rings. The van der Waals surface area contributed by atoms with E-state index in [9.17, 15) is 35.4 Å². The summed E-state index contributed by atoms with van der Waals surface area (Å²) in [5.74, 6) is -0.871. The summed E-state index contributed by atoms with van der Waals surface area (Å²) >= 11 is 0. The van der Waals surface area contributed by atoms with Gasteiger partial charge >= 0.3 is 5.97 Å². The van der Waals surface area contributed by atoms with Crippen LogP contribution in [0.2, 0.25) is 0 Å². The molecule has 0 spiro atoms. The zero-order valence-corrected chi connectivity index (χ0v) is 38.2. The Hall–Kier alpha value is -5.03. The number of ether oxygens (including phenoxy) is 10. The molecule has 17 heteroatoms. The Balaban J connectivity index is 1.19. The first-order valence-electron chi connectivity index (χ1n) is 23.3. The normalized spacial score (nSPS) is 30.4.